The number of benzene rings is 1. The second-order valence-corrected chi connectivity index (χ2v) is 5.34. The Morgan fingerprint density at radius 2 is 2.05 bits per heavy atom. The SMILES string of the molecule is CN(C)c1ccc(Cc2cc3c([nH]2)=NC(F)CC=3)cc1. The summed E-state index contributed by atoms with van der Waals surface area (Å²) in [7, 11) is 4.05. The zero-order valence-corrected chi connectivity index (χ0v) is 11.7. The average Bonchev–Trinajstić information content (AvgIpc) is 2.80. The van der Waals surface area contributed by atoms with Crippen LogP contribution in [-0.2, 0) is 6.42 Å². The normalized spacial score (nSPS) is 17.1. The molecule has 2 aromatic rings. The van der Waals surface area contributed by atoms with Gasteiger partial charge in [-0.2, -0.15) is 0 Å². The average molecular weight is 271 g/mol. The molecule has 1 N–H and O–H groups in total. The van der Waals surface area contributed by atoms with Crippen molar-refractivity contribution in [2.45, 2.75) is 19.1 Å². The lowest BCUT2D eigenvalue weighted by atomic mass is 10.1. The van der Waals surface area contributed by atoms with Gasteiger partial charge in [-0.15, -0.1) is 0 Å². The minimum atomic E-state index is -1.10. The van der Waals surface area contributed by atoms with Crippen LogP contribution in [0.25, 0.3) is 6.08 Å². The van der Waals surface area contributed by atoms with Crippen LogP contribution in [0.2, 0.25) is 0 Å². The fourth-order valence-electron chi connectivity index (χ4n) is 2.42. The zero-order chi connectivity index (χ0) is 14.1. The Hall–Kier alpha value is -2.10. The van der Waals surface area contributed by atoms with Gasteiger partial charge in [-0.1, -0.05) is 18.2 Å². The molecule has 104 valence electrons. The van der Waals surface area contributed by atoms with E-state index >= 15 is 0 Å². The number of aromatic amines is 1. The Morgan fingerprint density at radius 3 is 2.75 bits per heavy atom. The van der Waals surface area contributed by atoms with Gasteiger partial charge in [-0.25, -0.2) is 9.38 Å². The molecule has 0 bridgehead atoms. The number of H-pyrrole nitrogens is 1. The molecule has 0 radical (unpaired) electrons. The molecule has 1 aliphatic heterocycles. The van der Waals surface area contributed by atoms with Gasteiger partial charge in [0.2, 0.25) is 0 Å². The van der Waals surface area contributed by atoms with Gasteiger partial charge >= 0.3 is 0 Å². The van der Waals surface area contributed by atoms with Crippen LogP contribution in [0.3, 0.4) is 0 Å². The summed E-state index contributed by atoms with van der Waals surface area (Å²) in [5, 5.41) is 1.01. The highest BCUT2D eigenvalue weighted by molar-refractivity contribution is 5.46. The second kappa shape index (κ2) is 5.12. The molecule has 3 nitrogen and oxygen atoms in total. The maximum atomic E-state index is 13.2. The highest BCUT2D eigenvalue weighted by Gasteiger charge is 2.08. The van der Waals surface area contributed by atoms with E-state index in [4.69, 9.17) is 0 Å². The van der Waals surface area contributed by atoms with Gasteiger partial charge < -0.3 is 9.88 Å². The van der Waals surface area contributed by atoms with Crippen LogP contribution in [0, 0.1) is 0 Å². The molecule has 0 spiro atoms. The number of hydrogen-bond acceptors (Lipinski definition) is 2. The molecule has 2 heterocycles. The maximum Gasteiger partial charge on any atom is 0.195 e. The smallest absolute Gasteiger partial charge is 0.195 e. The van der Waals surface area contributed by atoms with Crippen LogP contribution in [0.5, 0.6) is 0 Å². The van der Waals surface area contributed by atoms with Gasteiger partial charge in [0, 0.05) is 43.5 Å². The van der Waals surface area contributed by atoms with Crippen molar-refractivity contribution in [3.63, 3.8) is 0 Å². The number of halogens is 1. The highest BCUT2D eigenvalue weighted by Crippen LogP contribution is 2.14. The Labute approximate surface area is 117 Å². The molecule has 4 heteroatoms. The zero-order valence-electron chi connectivity index (χ0n) is 11.7. The fraction of sp³-hybridized carbons (Fsp3) is 0.312. The number of alkyl halides is 1. The van der Waals surface area contributed by atoms with Crippen LogP contribution in [-0.4, -0.2) is 25.4 Å². The van der Waals surface area contributed by atoms with E-state index < -0.39 is 6.30 Å². The minimum absolute atomic E-state index is 0.377. The molecule has 0 saturated carbocycles. The van der Waals surface area contributed by atoms with E-state index in [9.17, 15) is 4.39 Å². The molecule has 20 heavy (non-hydrogen) atoms. The fourth-order valence-corrected chi connectivity index (χ4v) is 2.42. The monoisotopic (exact) mass is 271 g/mol. The first-order chi connectivity index (χ1) is 9.61. The third-order valence-electron chi connectivity index (χ3n) is 3.53. The number of aromatic nitrogens is 1. The van der Waals surface area contributed by atoms with Crippen molar-refractivity contribution >= 4 is 11.8 Å². The van der Waals surface area contributed by atoms with E-state index in [1.54, 1.807) is 0 Å². The van der Waals surface area contributed by atoms with Gasteiger partial charge in [0.05, 0.1) is 0 Å². The van der Waals surface area contributed by atoms with Crippen LogP contribution >= 0.6 is 0 Å². The number of hydrogen-bond donors (Lipinski definition) is 1. The maximum absolute atomic E-state index is 13.2. The first-order valence-corrected chi connectivity index (χ1v) is 6.78. The van der Waals surface area contributed by atoms with E-state index in [1.807, 2.05) is 20.2 Å². The Bertz CT molecular complexity index is 713. The van der Waals surface area contributed by atoms with Gasteiger partial charge in [-0.3, -0.25) is 0 Å². The summed E-state index contributed by atoms with van der Waals surface area (Å²) in [5.41, 5.74) is 4.15. The van der Waals surface area contributed by atoms with E-state index in [0.717, 1.165) is 17.3 Å². The van der Waals surface area contributed by atoms with Gasteiger partial charge in [0.25, 0.3) is 0 Å². The van der Waals surface area contributed by atoms with E-state index in [2.05, 4.69) is 45.2 Å². The molecule has 1 aromatic carbocycles. The molecule has 1 unspecified atom stereocenters. The van der Waals surface area contributed by atoms with Crippen molar-refractivity contribution in [1.82, 2.24) is 4.98 Å². The Morgan fingerprint density at radius 1 is 1.30 bits per heavy atom. The first-order valence-electron chi connectivity index (χ1n) is 6.78. The van der Waals surface area contributed by atoms with Crippen LogP contribution < -0.4 is 15.6 Å². The number of fused-ring (bicyclic) bond motifs is 1. The minimum Gasteiger partial charge on any atom is -0.378 e. The largest absolute Gasteiger partial charge is 0.378 e. The van der Waals surface area contributed by atoms with E-state index in [-0.39, 0.29) is 0 Å². The van der Waals surface area contributed by atoms with E-state index in [0.29, 0.717) is 11.9 Å². The van der Waals surface area contributed by atoms with Crippen molar-refractivity contribution in [3.8, 4) is 0 Å². The number of nitrogens with zero attached hydrogens (tertiary/aromatic N) is 2. The van der Waals surface area contributed by atoms with Crippen LogP contribution in [0.15, 0.2) is 35.3 Å². The van der Waals surface area contributed by atoms with Crippen molar-refractivity contribution in [1.29, 1.82) is 0 Å². The molecule has 0 aliphatic carbocycles. The number of anilines is 1. The lowest BCUT2D eigenvalue weighted by Crippen LogP contribution is -2.28. The van der Waals surface area contributed by atoms with Crippen molar-refractivity contribution < 1.29 is 4.39 Å². The quantitative estimate of drug-likeness (QED) is 0.848. The molecule has 0 saturated heterocycles. The standard InChI is InChI=1S/C16H18FN3/c1-20(2)14-6-3-11(4-7-14)9-13-10-12-5-8-15(17)19-16(12)18-13/h3-7,10,15H,8-9H2,1-2H3,(H,18,19). The number of nitrogens with one attached hydrogen (secondary N) is 1. The summed E-state index contributed by atoms with van der Waals surface area (Å²) < 4.78 is 13.2. The topological polar surface area (TPSA) is 31.4 Å². The molecule has 3 rings (SSSR count). The lowest BCUT2D eigenvalue weighted by Gasteiger charge is -2.12. The molecule has 0 amide bonds. The summed E-state index contributed by atoms with van der Waals surface area (Å²) in [6.07, 6.45) is 1.98. The third-order valence-corrected chi connectivity index (χ3v) is 3.53. The van der Waals surface area contributed by atoms with Crippen LogP contribution in [0.4, 0.5) is 10.1 Å². The lowest BCUT2D eigenvalue weighted by molar-refractivity contribution is 0.344. The summed E-state index contributed by atoms with van der Waals surface area (Å²) in [5.74, 6) is 0. The second-order valence-electron chi connectivity index (χ2n) is 5.34. The molecular weight excluding hydrogens is 253 g/mol. The highest BCUT2D eigenvalue weighted by atomic mass is 19.1. The van der Waals surface area contributed by atoms with Crippen molar-refractivity contribution in [2.24, 2.45) is 4.99 Å². The van der Waals surface area contributed by atoms with Gasteiger partial charge in [0.1, 0.15) is 5.49 Å². The summed E-state index contributed by atoms with van der Waals surface area (Å²) >= 11 is 0. The summed E-state index contributed by atoms with van der Waals surface area (Å²) in [6.45, 7) is 0. The molecule has 1 aromatic heterocycles. The van der Waals surface area contributed by atoms with E-state index in [1.165, 1.54) is 11.3 Å². The summed E-state index contributed by atoms with van der Waals surface area (Å²) in [6, 6.07) is 10.5. The predicted octanol–water partition coefficient (Wildman–Crippen LogP) is 1.77. The molecule has 1 aliphatic rings. The molecule has 1 atom stereocenters. The Kier molecular flexibility index (Phi) is 3.30. The molecule has 0 fully saturated rings. The summed E-state index contributed by atoms with van der Waals surface area (Å²) in [4.78, 5) is 9.26. The number of rotatable bonds is 3. The predicted molar refractivity (Wildman–Crippen MR) is 79.1 cm³/mol. The van der Waals surface area contributed by atoms with Gasteiger partial charge in [0.15, 0.2) is 6.30 Å². The van der Waals surface area contributed by atoms with Crippen molar-refractivity contribution in [3.05, 3.63) is 52.3 Å². The third kappa shape index (κ3) is 2.59. The van der Waals surface area contributed by atoms with Crippen LogP contribution in [0.1, 0.15) is 17.7 Å². The first kappa shape index (κ1) is 12.9. The van der Waals surface area contributed by atoms with Gasteiger partial charge in [-0.05, 0) is 23.8 Å². The van der Waals surface area contributed by atoms with Crippen molar-refractivity contribution in [2.75, 3.05) is 19.0 Å². The molecular formula is C16H18FN3. The Balaban J connectivity index is 1.84.